The van der Waals surface area contributed by atoms with Gasteiger partial charge in [0.05, 0.1) is 5.92 Å². The Morgan fingerprint density at radius 2 is 1.69 bits per heavy atom. The third-order valence-electron chi connectivity index (χ3n) is 9.55. The van der Waals surface area contributed by atoms with Crippen molar-refractivity contribution >= 4 is 34.0 Å². The highest BCUT2D eigenvalue weighted by Gasteiger charge is 2.28. The molecule has 3 aromatic carbocycles. The Morgan fingerprint density at radius 3 is 2.35 bits per heavy atom. The summed E-state index contributed by atoms with van der Waals surface area (Å²) in [7, 11) is 0. The summed E-state index contributed by atoms with van der Waals surface area (Å²) in [6.45, 7) is 8.23. The predicted octanol–water partition coefficient (Wildman–Crippen LogP) is 9.89. The zero-order chi connectivity index (χ0) is 34.0. The largest absolute Gasteiger partial charge is 0.383 e. The lowest BCUT2D eigenvalue weighted by atomic mass is 9.88. The third-order valence-corrected chi connectivity index (χ3v) is 9.55. The molecule has 0 saturated carbocycles. The fraction of sp³-hybridized carbons (Fsp3) is 0.439. The Bertz CT molecular complexity index is 1710. The number of unbranched alkanes of at least 4 members (excludes halogenated alkanes) is 7. The highest BCUT2D eigenvalue weighted by atomic mass is 19.1. The molecule has 0 fully saturated rings. The van der Waals surface area contributed by atoms with Crippen LogP contribution in [0, 0.1) is 17.1 Å². The predicted molar refractivity (Wildman–Crippen MR) is 199 cm³/mol. The fourth-order valence-electron chi connectivity index (χ4n) is 6.93. The van der Waals surface area contributed by atoms with Crippen LogP contribution in [0.5, 0.6) is 0 Å². The summed E-state index contributed by atoms with van der Waals surface area (Å²) in [6, 6.07) is 13.3. The van der Waals surface area contributed by atoms with Gasteiger partial charge in [-0.3, -0.25) is 10.2 Å². The van der Waals surface area contributed by atoms with Crippen LogP contribution in [0.15, 0.2) is 71.4 Å². The second kappa shape index (κ2) is 16.7. The molecule has 1 aliphatic carbocycles. The molecule has 0 spiro atoms. The van der Waals surface area contributed by atoms with E-state index in [2.05, 4.69) is 66.3 Å². The second-order valence-electron chi connectivity index (χ2n) is 13.3. The van der Waals surface area contributed by atoms with Gasteiger partial charge in [0, 0.05) is 46.6 Å². The Balaban J connectivity index is 1.44. The molecule has 0 aromatic heterocycles. The van der Waals surface area contributed by atoms with Gasteiger partial charge in [-0.1, -0.05) is 102 Å². The van der Waals surface area contributed by atoms with Crippen LogP contribution in [-0.2, 0) is 11.2 Å². The normalized spacial score (nSPS) is 15.4. The average Bonchev–Trinajstić information content (AvgIpc) is 3.37. The van der Waals surface area contributed by atoms with Gasteiger partial charge in [0.15, 0.2) is 5.84 Å². The van der Waals surface area contributed by atoms with Crippen LogP contribution in [0.25, 0.3) is 21.9 Å². The summed E-state index contributed by atoms with van der Waals surface area (Å²) in [5.41, 5.74) is 12.3. The van der Waals surface area contributed by atoms with Gasteiger partial charge in [0.25, 0.3) is 0 Å². The Hall–Kier alpha value is -4.26. The van der Waals surface area contributed by atoms with Crippen molar-refractivity contribution in [2.45, 2.75) is 97.8 Å². The molecular weight excluding hydrogens is 597 g/mol. The van der Waals surface area contributed by atoms with E-state index in [0.29, 0.717) is 34.5 Å². The van der Waals surface area contributed by atoms with Crippen molar-refractivity contribution in [2.75, 3.05) is 18.4 Å². The molecular formula is C41H52FN5O. The molecule has 0 radical (unpaired) electrons. The van der Waals surface area contributed by atoms with Crippen LogP contribution < -0.4 is 11.1 Å². The number of amidine groups is 2. The Kier molecular flexibility index (Phi) is 12.2. The minimum atomic E-state index is -0.374. The van der Waals surface area contributed by atoms with Gasteiger partial charge in [-0.25, -0.2) is 9.38 Å². The summed E-state index contributed by atoms with van der Waals surface area (Å²) in [5, 5.41) is 13.5. The number of nitrogens with one attached hydrogen (secondary N) is 2. The molecule has 4 N–H and O–H groups in total. The number of carbonyl (C=O) groups is 1. The Morgan fingerprint density at radius 1 is 0.958 bits per heavy atom. The van der Waals surface area contributed by atoms with E-state index in [1.807, 2.05) is 18.2 Å². The first kappa shape index (κ1) is 35.1. The highest BCUT2D eigenvalue weighted by molar-refractivity contribution is 6.28. The van der Waals surface area contributed by atoms with Crippen LogP contribution in [0.1, 0.15) is 108 Å². The molecule has 2 aliphatic rings. The molecule has 0 bridgehead atoms. The lowest BCUT2D eigenvalue weighted by Gasteiger charge is -2.27. The second-order valence-corrected chi connectivity index (χ2v) is 13.3. The number of aryl methyl sites for hydroxylation is 1. The zero-order valence-electron chi connectivity index (χ0n) is 29.0. The van der Waals surface area contributed by atoms with E-state index in [4.69, 9.17) is 11.1 Å². The number of nitrogens with zero attached hydrogens (tertiary/aromatic N) is 2. The number of aliphatic imine (C=N–C) groups is 1. The first-order valence-electron chi connectivity index (χ1n) is 18.1. The van der Waals surface area contributed by atoms with Crippen LogP contribution in [0.3, 0.4) is 0 Å². The molecule has 0 saturated heterocycles. The summed E-state index contributed by atoms with van der Waals surface area (Å²) < 4.78 is 15.2. The first-order chi connectivity index (χ1) is 23.3. The number of halogens is 1. The van der Waals surface area contributed by atoms with Gasteiger partial charge in [0.1, 0.15) is 11.7 Å². The molecule has 1 aliphatic heterocycles. The van der Waals surface area contributed by atoms with Gasteiger partial charge < -0.3 is 16.0 Å². The number of amides is 1. The van der Waals surface area contributed by atoms with Crippen LogP contribution in [-0.4, -0.2) is 35.6 Å². The fourth-order valence-corrected chi connectivity index (χ4v) is 6.93. The molecule has 48 heavy (non-hydrogen) atoms. The molecule has 7 heteroatoms. The number of anilines is 1. The minimum Gasteiger partial charge on any atom is -0.383 e. The lowest BCUT2D eigenvalue weighted by molar-refractivity contribution is -0.134. The highest BCUT2D eigenvalue weighted by Crippen LogP contribution is 2.42. The number of rotatable bonds is 17. The molecule has 254 valence electrons. The average molecular weight is 650 g/mol. The molecule has 1 amide bonds. The minimum absolute atomic E-state index is 0.0879. The molecule has 1 heterocycles. The quantitative estimate of drug-likeness (QED) is 0.127. The van der Waals surface area contributed by atoms with Crippen molar-refractivity contribution < 1.29 is 9.18 Å². The van der Waals surface area contributed by atoms with E-state index in [1.165, 1.54) is 43.4 Å². The van der Waals surface area contributed by atoms with Crippen molar-refractivity contribution in [3.8, 4) is 11.1 Å². The summed E-state index contributed by atoms with van der Waals surface area (Å²) in [5.74, 6) is 0.00653. The molecule has 3 aromatic rings. The monoisotopic (exact) mass is 649 g/mol. The van der Waals surface area contributed by atoms with Crippen LogP contribution in [0.2, 0.25) is 0 Å². The molecule has 6 nitrogen and oxygen atoms in total. The van der Waals surface area contributed by atoms with E-state index in [1.54, 1.807) is 0 Å². The number of allylic oxidation sites excluding steroid dienone is 2. The van der Waals surface area contributed by atoms with Crippen molar-refractivity contribution in [3.63, 3.8) is 0 Å². The summed E-state index contributed by atoms with van der Waals surface area (Å²) in [4.78, 5) is 20.1. The smallest absolute Gasteiger partial charge is 0.229 e. The van der Waals surface area contributed by atoms with Gasteiger partial charge in [-0.2, -0.15) is 0 Å². The van der Waals surface area contributed by atoms with Crippen LogP contribution in [0.4, 0.5) is 10.1 Å². The zero-order valence-corrected chi connectivity index (χ0v) is 29.0. The lowest BCUT2D eigenvalue weighted by Crippen LogP contribution is -2.37. The van der Waals surface area contributed by atoms with Crippen molar-refractivity contribution in [3.05, 3.63) is 88.9 Å². The number of fused-ring (bicyclic) bond motifs is 2. The molecule has 1 unspecified atom stereocenters. The summed E-state index contributed by atoms with van der Waals surface area (Å²) >= 11 is 0. The maximum atomic E-state index is 15.2. The van der Waals surface area contributed by atoms with Crippen molar-refractivity contribution in [1.82, 2.24) is 4.90 Å². The standard InChI is InChI=1S/C41H52FN5O/c1-4-7-10-12-22-47(23-13-11-8-5-2)41(48)29-18-20-33(21-19-29)45-35-27-32(42)25-31-26-34-38(40(44)46-39(34)43)37(36(31)35)30-17-14-16-28(24-30)15-9-6-3/h14,16-18,20-21,24-27,29,45H,4-13,15,19,22-23H2,1-3H3,(H3,43,44,46). The maximum absolute atomic E-state index is 15.2. The van der Waals surface area contributed by atoms with Crippen LogP contribution >= 0.6 is 0 Å². The van der Waals surface area contributed by atoms with E-state index < -0.39 is 0 Å². The number of carbonyl (C=O) groups excluding carboxylic acids is 1. The number of benzene rings is 3. The first-order valence-corrected chi connectivity index (χ1v) is 18.1. The molecule has 1 atom stereocenters. The van der Waals surface area contributed by atoms with Gasteiger partial charge in [-0.05, 0) is 72.9 Å². The molecule has 5 rings (SSSR count). The Labute approximate surface area is 285 Å². The SMILES string of the molecule is CCCCCCN(CCCCCC)C(=O)C1C=CC(Nc2cc(F)cc3cc4c(c(-c5cccc(CCCC)c5)c23)C(N)=NC4=N)=CC1. The van der Waals surface area contributed by atoms with E-state index in [-0.39, 0.29) is 23.5 Å². The van der Waals surface area contributed by atoms with Crippen molar-refractivity contribution in [2.24, 2.45) is 16.6 Å². The van der Waals surface area contributed by atoms with E-state index in [9.17, 15) is 4.79 Å². The third kappa shape index (κ3) is 8.23. The maximum Gasteiger partial charge on any atom is 0.229 e. The topological polar surface area (TPSA) is 94.6 Å². The van der Waals surface area contributed by atoms with E-state index in [0.717, 1.165) is 80.2 Å². The number of hydrogen-bond donors (Lipinski definition) is 3. The van der Waals surface area contributed by atoms with Gasteiger partial charge in [-0.15, -0.1) is 0 Å². The number of nitrogens with two attached hydrogens (primary N) is 1. The van der Waals surface area contributed by atoms with Gasteiger partial charge >= 0.3 is 0 Å². The summed E-state index contributed by atoms with van der Waals surface area (Å²) in [6.07, 6.45) is 18.9. The van der Waals surface area contributed by atoms with E-state index >= 15 is 4.39 Å². The van der Waals surface area contributed by atoms with Crippen molar-refractivity contribution in [1.29, 1.82) is 5.41 Å². The van der Waals surface area contributed by atoms with Gasteiger partial charge in [0.2, 0.25) is 5.91 Å². The number of hydrogen-bond acceptors (Lipinski definition) is 4.